The summed E-state index contributed by atoms with van der Waals surface area (Å²) in [7, 11) is 0. The van der Waals surface area contributed by atoms with Crippen LogP contribution in [0.5, 0.6) is 0 Å². The van der Waals surface area contributed by atoms with Crippen LogP contribution in [0.1, 0.15) is 51.3 Å². The van der Waals surface area contributed by atoms with Gasteiger partial charge in [-0.05, 0) is 62.2 Å². The molecule has 2 N–H and O–H groups in total. The van der Waals surface area contributed by atoms with Crippen molar-refractivity contribution in [3.8, 4) is 28.1 Å². The van der Waals surface area contributed by atoms with E-state index in [4.69, 9.17) is 23.2 Å². The van der Waals surface area contributed by atoms with Crippen molar-refractivity contribution < 1.29 is 9.90 Å². The molecule has 2 aromatic carbocycles. The molecule has 6 nitrogen and oxygen atoms in total. The number of piperidine rings is 1. The van der Waals surface area contributed by atoms with Crippen molar-refractivity contribution in [3.05, 3.63) is 91.9 Å². The number of nitrogens with zero attached hydrogens (tertiary/aromatic N) is 3. The third kappa shape index (κ3) is 5.80. The van der Waals surface area contributed by atoms with Gasteiger partial charge in [-0.3, -0.25) is 10.2 Å². The van der Waals surface area contributed by atoms with Gasteiger partial charge in [-0.15, -0.1) is 11.3 Å². The van der Waals surface area contributed by atoms with Gasteiger partial charge in [0.15, 0.2) is 5.69 Å². The van der Waals surface area contributed by atoms with Crippen LogP contribution in [0.3, 0.4) is 0 Å². The van der Waals surface area contributed by atoms with E-state index in [1.54, 1.807) is 22.9 Å². The molecule has 2 aromatic heterocycles. The van der Waals surface area contributed by atoms with Crippen LogP contribution >= 0.6 is 34.5 Å². The summed E-state index contributed by atoms with van der Waals surface area (Å²) in [5.41, 5.74) is 6.79. The number of aromatic nitrogens is 2. The lowest BCUT2D eigenvalue weighted by Crippen LogP contribution is -2.45. The minimum Gasteiger partial charge on any atom is -0.392 e. The lowest BCUT2D eigenvalue weighted by Gasteiger charge is -2.26. The first kappa shape index (κ1) is 26.5. The number of thiophene rings is 1. The quantitative estimate of drug-likeness (QED) is 0.281. The van der Waals surface area contributed by atoms with E-state index in [-0.39, 0.29) is 18.2 Å². The Kier molecular flexibility index (Phi) is 8.18. The zero-order chi connectivity index (χ0) is 26.6. The second kappa shape index (κ2) is 11.7. The maximum absolute atomic E-state index is 13.3. The summed E-state index contributed by atoms with van der Waals surface area (Å²) in [5.74, 6) is 6.05. The van der Waals surface area contributed by atoms with E-state index in [0.717, 1.165) is 47.7 Å². The number of halogens is 2. The van der Waals surface area contributed by atoms with Crippen molar-refractivity contribution in [3.63, 3.8) is 0 Å². The third-order valence-electron chi connectivity index (χ3n) is 6.33. The maximum atomic E-state index is 13.3. The number of rotatable bonds is 5. The first-order chi connectivity index (χ1) is 18.4. The Bertz CT molecular complexity index is 1530. The number of aliphatic hydroxyl groups excluding tert-OH is 1. The number of aliphatic hydroxyl groups is 1. The molecular formula is C29H26Cl2N4O2S. The minimum absolute atomic E-state index is 0.153. The SMILES string of the molecule is Cc1ccc(C#Cc2ccc(-c3c(CO)c(C(=O)NN4CCCCC4)nn3-c3ccc(Cl)cc3Cl)s2)cc1. The third-order valence-corrected chi connectivity index (χ3v) is 7.88. The Morgan fingerprint density at radius 1 is 1.05 bits per heavy atom. The molecule has 0 bridgehead atoms. The van der Waals surface area contributed by atoms with Crippen LogP contribution in [-0.4, -0.2) is 38.9 Å². The molecule has 1 fully saturated rings. The highest BCUT2D eigenvalue weighted by Crippen LogP contribution is 2.36. The van der Waals surface area contributed by atoms with E-state index in [0.29, 0.717) is 27.0 Å². The number of carbonyl (C=O) groups excluding carboxylic acids is 1. The topological polar surface area (TPSA) is 70.4 Å². The van der Waals surface area contributed by atoms with Gasteiger partial charge in [0.05, 0.1) is 32.8 Å². The summed E-state index contributed by atoms with van der Waals surface area (Å²) < 4.78 is 1.61. The molecule has 0 spiro atoms. The lowest BCUT2D eigenvalue weighted by molar-refractivity contribution is 0.0741. The molecule has 0 unspecified atom stereocenters. The Morgan fingerprint density at radius 3 is 2.53 bits per heavy atom. The highest BCUT2D eigenvalue weighted by atomic mass is 35.5. The van der Waals surface area contributed by atoms with Crippen molar-refractivity contribution in [2.45, 2.75) is 32.8 Å². The van der Waals surface area contributed by atoms with Gasteiger partial charge < -0.3 is 5.11 Å². The molecule has 0 aliphatic carbocycles. The van der Waals surface area contributed by atoms with Crippen LogP contribution in [0, 0.1) is 18.8 Å². The summed E-state index contributed by atoms with van der Waals surface area (Å²) in [6, 6.07) is 17.0. The van der Waals surface area contributed by atoms with Gasteiger partial charge >= 0.3 is 0 Å². The van der Waals surface area contributed by atoms with Crippen LogP contribution in [0.25, 0.3) is 16.3 Å². The average molecular weight is 566 g/mol. The number of aryl methyl sites for hydroxylation is 1. The fourth-order valence-electron chi connectivity index (χ4n) is 4.37. The van der Waals surface area contributed by atoms with Crippen molar-refractivity contribution in [1.82, 2.24) is 20.2 Å². The van der Waals surface area contributed by atoms with Crippen molar-refractivity contribution in [1.29, 1.82) is 0 Å². The first-order valence-corrected chi connectivity index (χ1v) is 13.9. The summed E-state index contributed by atoms with van der Waals surface area (Å²) in [6.07, 6.45) is 3.19. The van der Waals surface area contributed by atoms with Gasteiger partial charge in [-0.2, -0.15) is 5.10 Å². The average Bonchev–Trinajstić information content (AvgIpc) is 3.53. The van der Waals surface area contributed by atoms with Crippen LogP contribution < -0.4 is 5.43 Å². The van der Waals surface area contributed by atoms with Gasteiger partial charge in [-0.25, -0.2) is 9.69 Å². The second-order valence-corrected chi connectivity index (χ2v) is 11.0. The Morgan fingerprint density at radius 2 is 1.82 bits per heavy atom. The Hall–Kier alpha value is -3.12. The van der Waals surface area contributed by atoms with Crippen LogP contribution in [-0.2, 0) is 6.61 Å². The number of hydrazine groups is 1. The molecule has 0 atom stereocenters. The molecule has 0 saturated carbocycles. The monoisotopic (exact) mass is 564 g/mol. The number of hydrogen-bond donors (Lipinski definition) is 2. The maximum Gasteiger partial charge on any atom is 0.286 e. The van der Waals surface area contributed by atoms with Gasteiger partial charge in [-0.1, -0.05) is 59.2 Å². The fraction of sp³-hybridized carbons (Fsp3) is 0.241. The lowest BCUT2D eigenvalue weighted by atomic mass is 10.1. The van der Waals surface area contributed by atoms with Crippen LogP contribution in [0.4, 0.5) is 0 Å². The van der Waals surface area contributed by atoms with Gasteiger partial charge in [0.1, 0.15) is 0 Å². The van der Waals surface area contributed by atoms with E-state index < -0.39 is 0 Å². The van der Waals surface area contributed by atoms with E-state index in [2.05, 4.69) is 22.4 Å². The zero-order valence-corrected chi connectivity index (χ0v) is 23.1. The smallest absolute Gasteiger partial charge is 0.286 e. The van der Waals surface area contributed by atoms with Gasteiger partial charge in [0.2, 0.25) is 0 Å². The summed E-state index contributed by atoms with van der Waals surface area (Å²) in [6.45, 7) is 3.24. The van der Waals surface area contributed by atoms with Crippen molar-refractivity contribution in [2.24, 2.45) is 0 Å². The molecule has 1 aliphatic heterocycles. The standard InChI is InChI=1S/C29H26Cl2N4O2S/c1-19-5-7-20(8-6-19)9-11-22-12-14-26(38-22)28-23(18-36)27(29(37)33-34-15-3-2-4-16-34)32-35(28)25-13-10-21(30)17-24(25)31/h5-8,10,12-14,17,36H,2-4,15-16,18H2,1H3,(H,33,37). The molecule has 1 saturated heterocycles. The molecule has 1 amide bonds. The largest absolute Gasteiger partial charge is 0.392 e. The van der Waals surface area contributed by atoms with Crippen LogP contribution in [0.2, 0.25) is 10.0 Å². The Labute approximate surface area is 235 Å². The molecule has 194 valence electrons. The zero-order valence-electron chi connectivity index (χ0n) is 20.8. The highest BCUT2D eigenvalue weighted by molar-refractivity contribution is 7.16. The summed E-state index contributed by atoms with van der Waals surface area (Å²) in [4.78, 5) is 15.0. The highest BCUT2D eigenvalue weighted by Gasteiger charge is 2.27. The number of carbonyl (C=O) groups is 1. The minimum atomic E-state index is -0.369. The predicted octanol–water partition coefficient (Wildman–Crippen LogP) is 6.24. The van der Waals surface area contributed by atoms with Gasteiger partial charge in [0, 0.05) is 29.2 Å². The van der Waals surface area contributed by atoms with Crippen molar-refractivity contribution >= 4 is 40.4 Å². The second-order valence-electron chi connectivity index (χ2n) is 9.11. The summed E-state index contributed by atoms with van der Waals surface area (Å²) in [5, 5.41) is 17.9. The molecule has 9 heteroatoms. The number of nitrogens with one attached hydrogen (secondary N) is 1. The fourth-order valence-corrected chi connectivity index (χ4v) is 5.77. The molecule has 4 aromatic rings. The number of benzene rings is 2. The molecular weight excluding hydrogens is 539 g/mol. The first-order valence-electron chi connectivity index (χ1n) is 12.4. The number of hydrogen-bond acceptors (Lipinski definition) is 5. The van der Waals surface area contributed by atoms with Crippen LogP contribution in [0.15, 0.2) is 54.6 Å². The molecule has 3 heterocycles. The normalized spacial score (nSPS) is 13.7. The Balaban J connectivity index is 1.57. The van der Waals surface area contributed by atoms with E-state index in [1.165, 1.54) is 16.9 Å². The molecule has 1 aliphatic rings. The molecule has 0 radical (unpaired) electrons. The van der Waals surface area contributed by atoms with E-state index in [1.807, 2.05) is 48.3 Å². The molecule has 38 heavy (non-hydrogen) atoms. The van der Waals surface area contributed by atoms with Gasteiger partial charge in [0.25, 0.3) is 5.91 Å². The molecule has 5 rings (SSSR count). The van der Waals surface area contributed by atoms with E-state index >= 15 is 0 Å². The summed E-state index contributed by atoms with van der Waals surface area (Å²) >= 11 is 14.2. The predicted molar refractivity (Wildman–Crippen MR) is 153 cm³/mol. The van der Waals surface area contributed by atoms with E-state index in [9.17, 15) is 9.90 Å². The van der Waals surface area contributed by atoms with Crippen molar-refractivity contribution in [2.75, 3.05) is 13.1 Å². The number of amides is 1.